The van der Waals surface area contributed by atoms with Crippen LogP contribution in [0.15, 0.2) is 28.8 Å². The van der Waals surface area contributed by atoms with Gasteiger partial charge < -0.3 is 9.63 Å². The van der Waals surface area contributed by atoms with Crippen LogP contribution in [0.1, 0.15) is 12.2 Å². The molecule has 2 aromatic rings. The molecule has 84 valence electrons. The van der Waals surface area contributed by atoms with Crippen LogP contribution in [-0.2, 0) is 0 Å². The molecule has 0 bridgehead atoms. The van der Waals surface area contributed by atoms with Gasteiger partial charge in [0.2, 0.25) is 5.76 Å². The van der Waals surface area contributed by atoms with E-state index < -0.39 is 18.0 Å². The minimum absolute atomic E-state index is 0.161. The Bertz CT molecular complexity index is 490. The molecule has 3 nitrogen and oxygen atoms in total. The first-order valence-corrected chi connectivity index (χ1v) is 4.32. The molecule has 0 aliphatic rings. The van der Waals surface area contributed by atoms with Crippen molar-refractivity contribution in [3.63, 3.8) is 0 Å². The van der Waals surface area contributed by atoms with Crippen LogP contribution in [0.25, 0.3) is 11.3 Å². The standard InChI is InChI=1S/C10H6F3NO2/c11-5-2-1-3-7(15)9(5)6-4-8(10(12)13)16-14-6/h1-4,10,15H. The second kappa shape index (κ2) is 3.88. The maximum Gasteiger partial charge on any atom is 0.298 e. The minimum atomic E-state index is -2.82. The second-order valence-electron chi connectivity index (χ2n) is 3.05. The van der Waals surface area contributed by atoms with E-state index in [1.165, 1.54) is 12.1 Å². The van der Waals surface area contributed by atoms with Gasteiger partial charge in [-0.3, -0.25) is 0 Å². The van der Waals surface area contributed by atoms with Crippen molar-refractivity contribution in [1.82, 2.24) is 5.16 Å². The van der Waals surface area contributed by atoms with Crippen LogP contribution < -0.4 is 0 Å². The highest BCUT2D eigenvalue weighted by atomic mass is 19.3. The molecule has 1 aromatic carbocycles. The molecule has 1 aromatic heterocycles. The molecule has 0 aliphatic carbocycles. The van der Waals surface area contributed by atoms with Crippen molar-refractivity contribution in [3.05, 3.63) is 35.8 Å². The van der Waals surface area contributed by atoms with E-state index in [0.717, 1.165) is 12.1 Å². The average molecular weight is 229 g/mol. The van der Waals surface area contributed by atoms with Crippen molar-refractivity contribution in [1.29, 1.82) is 0 Å². The largest absolute Gasteiger partial charge is 0.507 e. The lowest BCUT2D eigenvalue weighted by Crippen LogP contribution is -1.84. The van der Waals surface area contributed by atoms with E-state index in [1.807, 2.05) is 0 Å². The van der Waals surface area contributed by atoms with E-state index in [9.17, 15) is 18.3 Å². The third kappa shape index (κ3) is 1.73. The lowest BCUT2D eigenvalue weighted by molar-refractivity contribution is 0.112. The molecule has 2 rings (SSSR count). The Morgan fingerprint density at radius 3 is 2.62 bits per heavy atom. The fraction of sp³-hybridized carbons (Fsp3) is 0.100. The SMILES string of the molecule is Oc1cccc(F)c1-c1cc(C(F)F)on1. The molecular formula is C10H6F3NO2. The zero-order valence-electron chi connectivity index (χ0n) is 7.82. The number of hydrogen-bond acceptors (Lipinski definition) is 3. The van der Waals surface area contributed by atoms with Gasteiger partial charge in [-0.1, -0.05) is 11.2 Å². The van der Waals surface area contributed by atoms with Crippen molar-refractivity contribution in [3.8, 4) is 17.0 Å². The number of phenols is 1. The van der Waals surface area contributed by atoms with Gasteiger partial charge in [-0.25, -0.2) is 13.2 Å². The number of nitrogens with zero attached hydrogens (tertiary/aromatic N) is 1. The summed E-state index contributed by atoms with van der Waals surface area (Å²) in [5, 5.41) is 12.7. The zero-order valence-corrected chi connectivity index (χ0v) is 7.82. The summed E-state index contributed by atoms with van der Waals surface area (Å²) in [7, 11) is 0. The predicted molar refractivity (Wildman–Crippen MR) is 48.5 cm³/mol. The molecule has 0 spiro atoms. The van der Waals surface area contributed by atoms with E-state index in [1.54, 1.807) is 0 Å². The molecule has 0 amide bonds. The van der Waals surface area contributed by atoms with Crippen molar-refractivity contribution >= 4 is 0 Å². The highest BCUT2D eigenvalue weighted by molar-refractivity contribution is 5.67. The summed E-state index contributed by atoms with van der Waals surface area (Å²) in [5.41, 5.74) is -0.413. The predicted octanol–water partition coefficient (Wildman–Crippen LogP) is 3.12. The fourth-order valence-electron chi connectivity index (χ4n) is 1.28. The summed E-state index contributed by atoms with van der Waals surface area (Å²) in [6.07, 6.45) is -2.82. The van der Waals surface area contributed by atoms with Gasteiger partial charge in [-0.05, 0) is 12.1 Å². The van der Waals surface area contributed by atoms with Crippen LogP contribution in [0.5, 0.6) is 5.75 Å². The summed E-state index contributed by atoms with van der Waals surface area (Å²) in [5.74, 6) is -1.80. The number of aromatic nitrogens is 1. The Labute approximate surface area is 88.1 Å². The number of phenolic OH excluding ortho intramolecular Hbond substituents is 1. The van der Waals surface area contributed by atoms with Gasteiger partial charge in [0.05, 0.1) is 5.56 Å². The number of rotatable bonds is 2. The summed E-state index contributed by atoms with van der Waals surface area (Å²) in [6, 6.07) is 4.51. The molecule has 0 fully saturated rings. The molecule has 0 radical (unpaired) electrons. The smallest absolute Gasteiger partial charge is 0.298 e. The minimum Gasteiger partial charge on any atom is -0.507 e. The topological polar surface area (TPSA) is 46.3 Å². The molecule has 16 heavy (non-hydrogen) atoms. The van der Waals surface area contributed by atoms with E-state index in [2.05, 4.69) is 9.68 Å². The molecule has 0 aliphatic heterocycles. The normalized spacial score (nSPS) is 11.0. The monoisotopic (exact) mass is 229 g/mol. The van der Waals surface area contributed by atoms with Crippen molar-refractivity contribution in [2.24, 2.45) is 0 Å². The molecule has 0 saturated carbocycles. The maximum atomic E-state index is 13.3. The Kier molecular flexibility index (Phi) is 2.55. The van der Waals surface area contributed by atoms with Gasteiger partial charge in [-0.2, -0.15) is 0 Å². The van der Waals surface area contributed by atoms with Gasteiger partial charge in [0, 0.05) is 6.07 Å². The first-order valence-electron chi connectivity index (χ1n) is 4.32. The third-order valence-corrected chi connectivity index (χ3v) is 1.99. The second-order valence-corrected chi connectivity index (χ2v) is 3.05. The molecule has 0 saturated heterocycles. The summed E-state index contributed by atoms with van der Waals surface area (Å²) in [4.78, 5) is 0. The average Bonchev–Trinajstić information content (AvgIpc) is 2.66. The van der Waals surface area contributed by atoms with Gasteiger partial charge in [0.1, 0.15) is 17.3 Å². The van der Waals surface area contributed by atoms with Crippen molar-refractivity contribution in [2.75, 3.05) is 0 Å². The summed E-state index contributed by atoms with van der Waals surface area (Å²) in [6.45, 7) is 0. The molecule has 6 heteroatoms. The lowest BCUT2D eigenvalue weighted by Gasteiger charge is -2.00. The Morgan fingerprint density at radius 1 is 1.31 bits per heavy atom. The molecule has 1 N–H and O–H groups in total. The van der Waals surface area contributed by atoms with E-state index in [4.69, 9.17) is 0 Å². The molecular weight excluding hydrogens is 223 g/mol. The molecule has 1 heterocycles. The van der Waals surface area contributed by atoms with E-state index in [-0.39, 0.29) is 17.0 Å². The Morgan fingerprint density at radius 2 is 2.06 bits per heavy atom. The first kappa shape index (κ1) is 10.5. The number of alkyl halides is 2. The molecule has 0 unspecified atom stereocenters. The van der Waals surface area contributed by atoms with E-state index in [0.29, 0.717) is 0 Å². The van der Waals surface area contributed by atoms with Gasteiger partial charge in [0.25, 0.3) is 6.43 Å². The zero-order chi connectivity index (χ0) is 11.7. The number of hydrogen-bond donors (Lipinski definition) is 1. The summed E-state index contributed by atoms with van der Waals surface area (Å²) < 4.78 is 42.0. The van der Waals surface area contributed by atoms with Crippen LogP contribution in [0.3, 0.4) is 0 Å². The fourth-order valence-corrected chi connectivity index (χ4v) is 1.28. The lowest BCUT2D eigenvalue weighted by atomic mass is 10.1. The number of halogens is 3. The van der Waals surface area contributed by atoms with Gasteiger partial charge in [0.15, 0.2) is 0 Å². The van der Waals surface area contributed by atoms with Crippen molar-refractivity contribution in [2.45, 2.75) is 6.43 Å². The van der Waals surface area contributed by atoms with Crippen LogP contribution in [0.2, 0.25) is 0 Å². The van der Waals surface area contributed by atoms with Crippen LogP contribution in [0.4, 0.5) is 13.2 Å². The van der Waals surface area contributed by atoms with Crippen LogP contribution in [0, 0.1) is 5.82 Å². The van der Waals surface area contributed by atoms with Crippen molar-refractivity contribution < 1.29 is 22.8 Å². The summed E-state index contributed by atoms with van der Waals surface area (Å²) >= 11 is 0. The van der Waals surface area contributed by atoms with Crippen LogP contribution >= 0.6 is 0 Å². The number of aromatic hydroxyl groups is 1. The highest BCUT2D eigenvalue weighted by Crippen LogP contribution is 2.32. The quantitative estimate of drug-likeness (QED) is 0.860. The first-order chi connectivity index (χ1) is 7.59. The Hall–Kier alpha value is -1.98. The van der Waals surface area contributed by atoms with Gasteiger partial charge in [-0.15, -0.1) is 0 Å². The van der Waals surface area contributed by atoms with Crippen LogP contribution in [-0.4, -0.2) is 10.3 Å². The maximum absolute atomic E-state index is 13.3. The van der Waals surface area contributed by atoms with E-state index >= 15 is 0 Å². The molecule has 0 atom stereocenters. The van der Waals surface area contributed by atoms with Gasteiger partial charge >= 0.3 is 0 Å². The Balaban J connectivity index is 2.50. The third-order valence-electron chi connectivity index (χ3n) is 1.99. The highest BCUT2D eigenvalue weighted by Gasteiger charge is 2.19. The number of benzene rings is 1.